The number of rotatable bonds is 1. The van der Waals surface area contributed by atoms with Gasteiger partial charge in [0.25, 0.3) is 0 Å². The van der Waals surface area contributed by atoms with Crippen molar-refractivity contribution in [2.45, 2.75) is 26.7 Å². The fourth-order valence-corrected chi connectivity index (χ4v) is 1.69. The molecule has 0 unspecified atom stereocenters. The molecule has 1 heterocycles. The zero-order valence-electron chi connectivity index (χ0n) is 9.75. The van der Waals surface area contributed by atoms with E-state index in [0.29, 0.717) is 0 Å². The van der Waals surface area contributed by atoms with Crippen LogP contribution in [0.2, 0.25) is 0 Å². The number of unbranched alkanes of at least 4 members (excludes halogenated alkanes) is 1. The molecule has 16 heavy (non-hydrogen) atoms. The van der Waals surface area contributed by atoms with Gasteiger partial charge in [0.2, 0.25) is 0 Å². The number of aryl methyl sites for hydroxylation is 1. The van der Waals surface area contributed by atoms with Crippen LogP contribution < -0.4 is 0 Å². The van der Waals surface area contributed by atoms with Crippen molar-refractivity contribution in [3.63, 3.8) is 0 Å². The van der Waals surface area contributed by atoms with Gasteiger partial charge in [0, 0.05) is 23.6 Å². The Kier molecular flexibility index (Phi) is 3.22. The van der Waals surface area contributed by atoms with E-state index in [1.54, 1.807) is 0 Å². The summed E-state index contributed by atoms with van der Waals surface area (Å²) in [6.07, 6.45) is 3.93. The van der Waals surface area contributed by atoms with Crippen molar-refractivity contribution in [3.8, 4) is 11.8 Å². The van der Waals surface area contributed by atoms with Crippen molar-refractivity contribution in [3.05, 3.63) is 41.6 Å². The zero-order chi connectivity index (χ0) is 11.4. The Balaban J connectivity index is 2.49. The molecule has 0 aliphatic rings. The smallest absolute Gasteiger partial charge is 0.0705 e. The molecule has 0 saturated carbocycles. The Hall–Kier alpha value is -1.81. The molecule has 0 fully saturated rings. The van der Waals surface area contributed by atoms with Crippen LogP contribution in [0.15, 0.2) is 30.5 Å². The summed E-state index contributed by atoms with van der Waals surface area (Å²) in [4.78, 5) is 4.42. The highest BCUT2D eigenvalue weighted by molar-refractivity contribution is 5.83. The van der Waals surface area contributed by atoms with Gasteiger partial charge in [-0.1, -0.05) is 37.0 Å². The molecule has 0 spiro atoms. The monoisotopic (exact) mass is 209 g/mol. The molecular formula is C15H15N. The van der Waals surface area contributed by atoms with E-state index in [1.165, 1.54) is 10.9 Å². The molecule has 1 aromatic heterocycles. The quantitative estimate of drug-likeness (QED) is 0.653. The lowest BCUT2D eigenvalue weighted by atomic mass is 10.1. The first-order valence-electron chi connectivity index (χ1n) is 5.66. The second-order valence-corrected chi connectivity index (χ2v) is 3.87. The molecule has 0 aliphatic heterocycles. The van der Waals surface area contributed by atoms with Crippen molar-refractivity contribution >= 4 is 10.9 Å². The van der Waals surface area contributed by atoms with Crippen LogP contribution in [0.4, 0.5) is 0 Å². The minimum absolute atomic E-state index is 0.951. The van der Waals surface area contributed by atoms with Gasteiger partial charge in [0.05, 0.1) is 5.52 Å². The molecule has 1 heteroatoms. The van der Waals surface area contributed by atoms with E-state index in [4.69, 9.17) is 0 Å². The molecule has 2 aromatic rings. The highest BCUT2D eigenvalue weighted by Crippen LogP contribution is 2.18. The lowest BCUT2D eigenvalue weighted by molar-refractivity contribution is 0.983. The molecule has 0 saturated heterocycles. The van der Waals surface area contributed by atoms with Crippen molar-refractivity contribution in [1.29, 1.82) is 0 Å². The van der Waals surface area contributed by atoms with E-state index in [2.05, 4.69) is 36.7 Å². The van der Waals surface area contributed by atoms with Gasteiger partial charge in [-0.2, -0.15) is 0 Å². The van der Waals surface area contributed by atoms with Gasteiger partial charge in [-0.25, -0.2) is 0 Å². The van der Waals surface area contributed by atoms with Gasteiger partial charge in [-0.3, -0.25) is 4.98 Å². The maximum Gasteiger partial charge on any atom is 0.0705 e. The van der Waals surface area contributed by atoms with E-state index < -0.39 is 0 Å². The number of aromatic nitrogens is 1. The Morgan fingerprint density at radius 1 is 1.25 bits per heavy atom. The van der Waals surface area contributed by atoms with Crippen LogP contribution >= 0.6 is 0 Å². The number of para-hydroxylation sites is 1. The number of benzene rings is 1. The van der Waals surface area contributed by atoms with Crippen LogP contribution in [0.3, 0.4) is 0 Å². The van der Waals surface area contributed by atoms with Crippen LogP contribution in [-0.4, -0.2) is 4.98 Å². The maximum absolute atomic E-state index is 4.42. The van der Waals surface area contributed by atoms with E-state index >= 15 is 0 Å². The number of hydrogen-bond acceptors (Lipinski definition) is 1. The summed E-state index contributed by atoms with van der Waals surface area (Å²) < 4.78 is 0. The fourth-order valence-electron chi connectivity index (χ4n) is 1.69. The Morgan fingerprint density at radius 3 is 2.88 bits per heavy atom. The van der Waals surface area contributed by atoms with Crippen LogP contribution in [0.1, 0.15) is 30.9 Å². The Labute approximate surface area is 96.5 Å². The lowest BCUT2D eigenvalue weighted by Gasteiger charge is -2.02. The van der Waals surface area contributed by atoms with Crippen molar-refractivity contribution in [1.82, 2.24) is 4.98 Å². The van der Waals surface area contributed by atoms with E-state index in [-0.39, 0.29) is 0 Å². The molecule has 0 atom stereocenters. The standard InChI is InChI=1S/C15H15N/c1-3-4-5-8-13-11-16-15-10-7-6-9-14(15)12(13)2/h6-7,9-11H,3-4H2,1-2H3. The average Bonchev–Trinajstić information content (AvgIpc) is 2.33. The van der Waals surface area contributed by atoms with E-state index in [1.807, 2.05) is 24.4 Å². The first-order chi connectivity index (χ1) is 7.83. The molecular weight excluding hydrogens is 194 g/mol. The third-order valence-electron chi connectivity index (χ3n) is 2.64. The molecule has 1 nitrogen and oxygen atoms in total. The second kappa shape index (κ2) is 4.81. The zero-order valence-corrected chi connectivity index (χ0v) is 9.75. The third kappa shape index (κ3) is 2.06. The van der Waals surface area contributed by atoms with Crippen LogP contribution in [0.25, 0.3) is 10.9 Å². The van der Waals surface area contributed by atoms with Gasteiger partial charge < -0.3 is 0 Å². The molecule has 2 rings (SSSR count). The van der Waals surface area contributed by atoms with E-state index in [9.17, 15) is 0 Å². The SMILES string of the molecule is CCCC#Cc1cnc2ccccc2c1C. The van der Waals surface area contributed by atoms with Gasteiger partial charge >= 0.3 is 0 Å². The summed E-state index contributed by atoms with van der Waals surface area (Å²) in [5.74, 6) is 6.36. The highest BCUT2D eigenvalue weighted by atomic mass is 14.6. The first-order valence-corrected chi connectivity index (χ1v) is 5.66. The maximum atomic E-state index is 4.42. The second-order valence-electron chi connectivity index (χ2n) is 3.87. The molecule has 1 aromatic carbocycles. The number of pyridine rings is 1. The summed E-state index contributed by atoms with van der Waals surface area (Å²) in [6, 6.07) is 8.19. The Bertz CT molecular complexity index is 558. The molecule has 0 radical (unpaired) electrons. The minimum Gasteiger partial charge on any atom is -0.255 e. The van der Waals surface area contributed by atoms with Crippen molar-refractivity contribution in [2.24, 2.45) is 0 Å². The van der Waals surface area contributed by atoms with Crippen LogP contribution in [0, 0.1) is 18.8 Å². The molecule has 80 valence electrons. The first kappa shape index (κ1) is 10.7. The van der Waals surface area contributed by atoms with Crippen molar-refractivity contribution < 1.29 is 0 Å². The van der Waals surface area contributed by atoms with Gasteiger partial charge in [-0.05, 0) is 25.0 Å². The summed E-state index contributed by atoms with van der Waals surface area (Å²) >= 11 is 0. The number of nitrogens with zero attached hydrogens (tertiary/aromatic N) is 1. The third-order valence-corrected chi connectivity index (χ3v) is 2.64. The van der Waals surface area contributed by atoms with Crippen LogP contribution in [0.5, 0.6) is 0 Å². The lowest BCUT2D eigenvalue weighted by Crippen LogP contribution is -1.88. The topological polar surface area (TPSA) is 12.9 Å². The largest absolute Gasteiger partial charge is 0.255 e. The highest BCUT2D eigenvalue weighted by Gasteiger charge is 2.01. The van der Waals surface area contributed by atoms with Crippen molar-refractivity contribution in [2.75, 3.05) is 0 Å². The average molecular weight is 209 g/mol. The predicted octanol–water partition coefficient (Wildman–Crippen LogP) is 3.69. The summed E-state index contributed by atoms with van der Waals surface area (Å²) in [5, 5.41) is 1.20. The molecule has 0 amide bonds. The van der Waals surface area contributed by atoms with E-state index in [0.717, 1.165) is 23.9 Å². The normalized spacial score (nSPS) is 9.88. The van der Waals surface area contributed by atoms with Crippen LogP contribution in [-0.2, 0) is 0 Å². The van der Waals surface area contributed by atoms with Gasteiger partial charge in [0.1, 0.15) is 0 Å². The number of hydrogen-bond donors (Lipinski definition) is 0. The Morgan fingerprint density at radius 2 is 2.06 bits per heavy atom. The fraction of sp³-hybridized carbons (Fsp3) is 0.267. The molecule has 0 N–H and O–H groups in total. The minimum atomic E-state index is 0.951. The summed E-state index contributed by atoms with van der Waals surface area (Å²) in [7, 11) is 0. The molecule has 0 bridgehead atoms. The summed E-state index contributed by atoms with van der Waals surface area (Å²) in [6.45, 7) is 4.25. The summed E-state index contributed by atoms with van der Waals surface area (Å²) in [5.41, 5.74) is 3.32. The molecule has 0 aliphatic carbocycles. The van der Waals surface area contributed by atoms with Gasteiger partial charge in [0.15, 0.2) is 0 Å². The van der Waals surface area contributed by atoms with Gasteiger partial charge in [-0.15, -0.1) is 0 Å². The number of fused-ring (bicyclic) bond motifs is 1. The predicted molar refractivity (Wildman–Crippen MR) is 68.3 cm³/mol.